The van der Waals surface area contributed by atoms with E-state index >= 15 is 0 Å². The molecule has 0 aliphatic carbocycles. The van der Waals surface area contributed by atoms with Crippen molar-refractivity contribution in [3.8, 4) is 0 Å². The first kappa shape index (κ1) is 14.7. The van der Waals surface area contributed by atoms with Crippen LogP contribution >= 0.6 is 0 Å². The van der Waals surface area contributed by atoms with Gasteiger partial charge in [0, 0.05) is 31.8 Å². The molecule has 5 nitrogen and oxygen atoms in total. The standard InChI is InChI=1S/C17H19N3O2/c21-17(15-5-1-2-9-19-15)20-16(13-6-10-22-11-7-13)14-4-3-8-18-12-14/h1-5,8-9,12-13,16H,6-7,10-11H2,(H,20,21)/t16-/m1/s1. The monoisotopic (exact) mass is 297 g/mol. The smallest absolute Gasteiger partial charge is 0.270 e. The number of carbonyl (C=O) groups is 1. The maximum atomic E-state index is 12.4. The lowest BCUT2D eigenvalue weighted by Gasteiger charge is -2.31. The van der Waals surface area contributed by atoms with E-state index in [0.717, 1.165) is 31.6 Å². The van der Waals surface area contributed by atoms with Crippen molar-refractivity contribution in [1.29, 1.82) is 0 Å². The molecule has 22 heavy (non-hydrogen) atoms. The third kappa shape index (κ3) is 3.49. The Morgan fingerprint density at radius 1 is 1.18 bits per heavy atom. The van der Waals surface area contributed by atoms with Gasteiger partial charge in [-0.25, -0.2) is 0 Å². The first-order chi connectivity index (χ1) is 10.8. The van der Waals surface area contributed by atoms with E-state index in [1.165, 1.54) is 0 Å². The fourth-order valence-corrected chi connectivity index (χ4v) is 2.79. The molecule has 0 spiro atoms. The molecule has 0 aromatic carbocycles. The summed E-state index contributed by atoms with van der Waals surface area (Å²) in [6.07, 6.45) is 7.05. The third-order valence-corrected chi connectivity index (χ3v) is 3.97. The summed E-state index contributed by atoms with van der Waals surface area (Å²) in [5.74, 6) is 0.201. The second-order valence-corrected chi connectivity index (χ2v) is 5.40. The SMILES string of the molecule is O=C(N[C@@H](c1cccnc1)C1CCOCC1)c1ccccn1. The third-order valence-electron chi connectivity index (χ3n) is 3.97. The van der Waals surface area contributed by atoms with Crippen LogP contribution in [0.3, 0.4) is 0 Å². The number of pyridine rings is 2. The molecule has 1 N–H and O–H groups in total. The maximum Gasteiger partial charge on any atom is 0.270 e. The first-order valence-electron chi connectivity index (χ1n) is 7.54. The van der Waals surface area contributed by atoms with Gasteiger partial charge in [0.25, 0.3) is 5.91 Å². The van der Waals surface area contributed by atoms with Crippen molar-refractivity contribution in [2.75, 3.05) is 13.2 Å². The second kappa shape index (κ2) is 7.13. The van der Waals surface area contributed by atoms with Crippen LogP contribution in [-0.2, 0) is 4.74 Å². The van der Waals surface area contributed by atoms with Crippen molar-refractivity contribution < 1.29 is 9.53 Å². The Morgan fingerprint density at radius 3 is 2.73 bits per heavy atom. The van der Waals surface area contributed by atoms with Crippen molar-refractivity contribution in [3.63, 3.8) is 0 Å². The Bertz CT molecular complexity index is 598. The average molecular weight is 297 g/mol. The van der Waals surface area contributed by atoms with Gasteiger partial charge in [0.2, 0.25) is 0 Å². The van der Waals surface area contributed by atoms with E-state index in [1.807, 2.05) is 24.4 Å². The molecule has 1 fully saturated rings. The minimum Gasteiger partial charge on any atom is -0.381 e. The van der Waals surface area contributed by atoms with Crippen molar-refractivity contribution in [3.05, 3.63) is 60.2 Å². The lowest BCUT2D eigenvalue weighted by Crippen LogP contribution is -2.36. The fraction of sp³-hybridized carbons (Fsp3) is 0.353. The lowest BCUT2D eigenvalue weighted by atomic mass is 9.87. The van der Waals surface area contributed by atoms with Gasteiger partial charge in [-0.15, -0.1) is 0 Å². The van der Waals surface area contributed by atoms with Gasteiger partial charge < -0.3 is 10.1 Å². The number of ether oxygens (including phenoxy) is 1. The molecule has 1 saturated heterocycles. The molecule has 2 aromatic heterocycles. The van der Waals surface area contributed by atoms with Crippen LogP contribution in [0.4, 0.5) is 0 Å². The highest BCUT2D eigenvalue weighted by atomic mass is 16.5. The molecule has 0 bridgehead atoms. The van der Waals surface area contributed by atoms with E-state index < -0.39 is 0 Å². The van der Waals surface area contributed by atoms with E-state index in [1.54, 1.807) is 24.5 Å². The summed E-state index contributed by atoms with van der Waals surface area (Å²) in [7, 11) is 0. The molecule has 1 amide bonds. The first-order valence-corrected chi connectivity index (χ1v) is 7.54. The zero-order valence-corrected chi connectivity index (χ0v) is 12.3. The highest BCUT2D eigenvalue weighted by Crippen LogP contribution is 2.29. The number of aromatic nitrogens is 2. The topological polar surface area (TPSA) is 64.1 Å². The molecule has 1 aliphatic heterocycles. The van der Waals surface area contributed by atoms with Crippen LogP contribution < -0.4 is 5.32 Å². The van der Waals surface area contributed by atoms with Gasteiger partial charge in [0.05, 0.1) is 6.04 Å². The summed E-state index contributed by atoms with van der Waals surface area (Å²) in [5, 5.41) is 3.12. The fourth-order valence-electron chi connectivity index (χ4n) is 2.79. The number of nitrogens with one attached hydrogen (secondary N) is 1. The number of hydrogen-bond acceptors (Lipinski definition) is 4. The van der Waals surface area contributed by atoms with E-state index in [2.05, 4.69) is 15.3 Å². The molecule has 0 unspecified atom stereocenters. The molecule has 114 valence electrons. The van der Waals surface area contributed by atoms with Gasteiger partial charge in [-0.2, -0.15) is 0 Å². The molecule has 0 saturated carbocycles. The predicted molar refractivity (Wildman–Crippen MR) is 82.2 cm³/mol. The average Bonchev–Trinajstić information content (AvgIpc) is 2.62. The van der Waals surface area contributed by atoms with E-state index in [9.17, 15) is 4.79 Å². The Kier molecular flexibility index (Phi) is 4.75. The van der Waals surface area contributed by atoms with Crippen molar-refractivity contribution in [2.24, 2.45) is 5.92 Å². The van der Waals surface area contributed by atoms with Gasteiger partial charge in [-0.3, -0.25) is 14.8 Å². The number of amides is 1. The zero-order chi connectivity index (χ0) is 15.2. The molecule has 1 aliphatic rings. The van der Waals surface area contributed by atoms with Crippen LogP contribution in [0.2, 0.25) is 0 Å². The summed E-state index contributed by atoms with van der Waals surface area (Å²) in [6, 6.07) is 9.18. The molecule has 0 radical (unpaired) electrons. The van der Waals surface area contributed by atoms with Crippen molar-refractivity contribution in [2.45, 2.75) is 18.9 Å². The van der Waals surface area contributed by atoms with E-state index in [0.29, 0.717) is 11.6 Å². The number of rotatable bonds is 4. The van der Waals surface area contributed by atoms with Crippen LogP contribution in [0.25, 0.3) is 0 Å². The largest absolute Gasteiger partial charge is 0.381 e. The van der Waals surface area contributed by atoms with Crippen molar-refractivity contribution in [1.82, 2.24) is 15.3 Å². The Balaban J connectivity index is 1.81. The molecule has 2 aromatic rings. The van der Waals surface area contributed by atoms with Gasteiger partial charge in [-0.05, 0) is 42.5 Å². The summed E-state index contributed by atoms with van der Waals surface area (Å²) < 4.78 is 5.43. The molecular formula is C17H19N3O2. The van der Waals surface area contributed by atoms with Gasteiger partial charge in [-0.1, -0.05) is 12.1 Å². The van der Waals surface area contributed by atoms with Crippen LogP contribution in [0.1, 0.15) is 34.9 Å². The van der Waals surface area contributed by atoms with E-state index in [4.69, 9.17) is 4.74 Å². The normalized spacial score (nSPS) is 16.9. The molecular weight excluding hydrogens is 278 g/mol. The second-order valence-electron chi connectivity index (χ2n) is 5.40. The summed E-state index contributed by atoms with van der Waals surface area (Å²) in [5.41, 5.74) is 1.46. The Labute approximate surface area is 129 Å². The molecule has 5 heteroatoms. The number of carbonyl (C=O) groups excluding carboxylic acids is 1. The summed E-state index contributed by atoms with van der Waals surface area (Å²) in [6.45, 7) is 1.47. The maximum absolute atomic E-state index is 12.4. The highest BCUT2D eigenvalue weighted by Gasteiger charge is 2.27. The molecule has 3 rings (SSSR count). The molecule has 1 atom stereocenters. The lowest BCUT2D eigenvalue weighted by molar-refractivity contribution is 0.0513. The minimum atomic E-state index is -0.152. The van der Waals surface area contributed by atoms with Gasteiger partial charge in [0.15, 0.2) is 0 Å². The van der Waals surface area contributed by atoms with E-state index in [-0.39, 0.29) is 11.9 Å². The van der Waals surface area contributed by atoms with Crippen LogP contribution in [-0.4, -0.2) is 29.1 Å². The number of nitrogens with zero attached hydrogens (tertiary/aromatic N) is 2. The molecule has 3 heterocycles. The van der Waals surface area contributed by atoms with Crippen LogP contribution in [0.15, 0.2) is 48.9 Å². The summed E-state index contributed by atoms with van der Waals surface area (Å²) in [4.78, 5) is 20.7. The quantitative estimate of drug-likeness (QED) is 0.941. The number of hydrogen-bond donors (Lipinski definition) is 1. The summed E-state index contributed by atoms with van der Waals surface area (Å²) >= 11 is 0. The zero-order valence-electron chi connectivity index (χ0n) is 12.3. The Hall–Kier alpha value is -2.27. The predicted octanol–water partition coefficient (Wildman–Crippen LogP) is 2.37. The Morgan fingerprint density at radius 2 is 2.05 bits per heavy atom. The van der Waals surface area contributed by atoms with Crippen LogP contribution in [0, 0.1) is 5.92 Å². The van der Waals surface area contributed by atoms with Gasteiger partial charge >= 0.3 is 0 Å². The van der Waals surface area contributed by atoms with Crippen molar-refractivity contribution >= 4 is 5.91 Å². The van der Waals surface area contributed by atoms with Crippen LogP contribution in [0.5, 0.6) is 0 Å². The van der Waals surface area contributed by atoms with Gasteiger partial charge in [0.1, 0.15) is 5.69 Å². The highest BCUT2D eigenvalue weighted by molar-refractivity contribution is 5.92. The minimum absolute atomic E-state index is 0.0629.